The Bertz CT molecular complexity index is 443. The zero-order chi connectivity index (χ0) is 12.8. The van der Waals surface area contributed by atoms with E-state index in [9.17, 15) is 4.39 Å². The molecule has 3 nitrogen and oxygen atoms in total. The van der Waals surface area contributed by atoms with Gasteiger partial charge in [0.1, 0.15) is 5.82 Å². The molecule has 0 aliphatic rings. The molecule has 0 heterocycles. The molecule has 0 unspecified atom stereocenters. The van der Waals surface area contributed by atoms with Gasteiger partial charge >= 0.3 is 0 Å². The zero-order valence-electron chi connectivity index (χ0n) is 9.63. The average Bonchev–Trinajstić information content (AvgIpc) is 2.28. The van der Waals surface area contributed by atoms with Crippen molar-refractivity contribution in [2.45, 2.75) is 13.5 Å². The first-order chi connectivity index (χ1) is 7.99. The summed E-state index contributed by atoms with van der Waals surface area (Å²) in [5.41, 5.74) is 7.37. The number of hydrogen-bond donors (Lipinski definition) is 2. The van der Waals surface area contributed by atoms with Crippen molar-refractivity contribution >= 4 is 21.9 Å². The summed E-state index contributed by atoms with van der Waals surface area (Å²) in [6.07, 6.45) is 0. The number of aliphatic imine (C=N–C) groups is 1. The van der Waals surface area contributed by atoms with Crippen LogP contribution >= 0.6 is 15.9 Å². The molecule has 92 valence electrons. The molecule has 0 saturated carbocycles. The number of hydrogen-bond acceptors (Lipinski definition) is 1. The monoisotopic (exact) mass is 299 g/mol. The zero-order valence-corrected chi connectivity index (χ0v) is 11.2. The molecule has 0 aromatic heterocycles. The molecule has 3 N–H and O–H groups in total. The molecule has 0 atom stereocenters. The Morgan fingerprint density at radius 1 is 1.59 bits per heavy atom. The fourth-order valence-corrected chi connectivity index (χ4v) is 1.36. The van der Waals surface area contributed by atoms with Crippen molar-refractivity contribution in [3.63, 3.8) is 0 Å². The van der Waals surface area contributed by atoms with Gasteiger partial charge in [0, 0.05) is 6.54 Å². The highest BCUT2D eigenvalue weighted by Gasteiger charge is 2.00. The third-order valence-electron chi connectivity index (χ3n) is 1.99. The van der Waals surface area contributed by atoms with Crippen LogP contribution < -0.4 is 11.1 Å². The van der Waals surface area contributed by atoms with Crippen LogP contribution in [0.4, 0.5) is 4.39 Å². The van der Waals surface area contributed by atoms with Gasteiger partial charge in [-0.2, -0.15) is 0 Å². The second-order valence-electron chi connectivity index (χ2n) is 3.76. The van der Waals surface area contributed by atoms with E-state index in [0.29, 0.717) is 23.5 Å². The van der Waals surface area contributed by atoms with Crippen LogP contribution in [0.15, 0.2) is 39.8 Å². The molecule has 0 aliphatic carbocycles. The van der Waals surface area contributed by atoms with E-state index in [1.807, 2.05) is 6.92 Å². The third-order valence-corrected chi connectivity index (χ3v) is 2.63. The summed E-state index contributed by atoms with van der Waals surface area (Å²) in [7, 11) is 0. The molecule has 0 saturated heterocycles. The minimum Gasteiger partial charge on any atom is -0.370 e. The van der Waals surface area contributed by atoms with Crippen LogP contribution in [0, 0.1) is 5.82 Å². The maximum atomic E-state index is 13.2. The number of nitrogens with one attached hydrogen (secondary N) is 1. The highest BCUT2D eigenvalue weighted by molar-refractivity contribution is 9.10. The molecule has 1 rings (SSSR count). The van der Waals surface area contributed by atoms with Crippen LogP contribution in [-0.4, -0.2) is 12.5 Å². The first kappa shape index (κ1) is 13.7. The topological polar surface area (TPSA) is 50.4 Å². The van der Waals surface area contributed by atoms with Crippen LogP contribution in [0.1, 0.15) is 12.5 Å². The second kappa shape index (κ2) is 6.39. The summed E-state index contributed by atoms with van der Waals surface area (Å²) in [6.45, 7) is 6.57. The minimum atomic E-state index is -0.300. The Kier molecular flexibility index (Phi) is 5.15. The molecule has 0 fully saturated rings. The lowest BCUT2D eigenvalue weighted by atomic mass is 10.2. The van der Waals surface area contributed by atoms with Gasteiger partial charge in [0.15, 0.2) is 5.96 Å². The number of guanidine groups is 1. The van der Waals surface area contributed by atoms with Gasteiger partial charge in [-0.25, -0.2) is 9.38 Å². The van der Waals surface area contributed by atoms with Crippen molar-refractivity contribution in [3.05, 3.63) is 46.2 Å². The number of rotatable bonds is 4. The molecule has 5 heteroatoms. The predicted octanol–water partition coefficient (Wildman–Crippen LogP) is 2.57. The molecular formula is C12H15BrFN3. The highest BCUT2D eigenvalue weighted by atomic mass is 79.9. The van der Waals surface area contributed by atoms with Gasteiger partial charge in [0.25, 0.3) is 0 Å². The van der Waals surface area contributed by atoms with Gasteiger partial charge in [-0.15, -0.1) is 0 Å². The van der Waals surface area contributed by atoms with Crippen LogP contribution in [-0.2, 0) is 6.54 Å². The van der Waals surface area contributed by atoms with Crippen molar-refractivity contribution in [1.82, 2.24) is 5.32 Å². The van der Waals surface area contributed by atoms with E-state index in [1.54, 1.807) is 12.1 Å². The maximum absolute atomic E-state index is 13.2. The molecule has 0 amide bonds. The van der Waals surface area contributed by atoms with Crippen molar-refractivity contribution in [1.29, 1.82) is 0 Å². The first-order valence-electron chi connectivity index (χ1n) is 5.11. The van der Waals surface area contributed by atoms with Crippen molar-refractivity contribution in [2.24, 2.45) is 10.7 Å². The largest absolute Gasteiger partial charge is 0.370 e. The van der Waals surface area contributed by atoms with Gasteiger partial charge in [-0.1, -0.05) is 18.2 Å². The van der Waals surface area contributed by atoms with E-state index in [-0.39, 0.29) is 5.82 Å². The molecular weight excluding hydrogens is 285 g/mol. The fraction of sp³-hybridized carbons (Fsp3) is 0.250. The standard InChI is InChI=1S/C12H15BrFN3/c1-8(2)6-16-12(15)17-7-9-3-4-10(13)11(14)5-9/h3-5H,1,6-7H2,2H3,(H3,15,16,17). The quantitative estimate of drug-likeness (QED) is 0.510. The van der Waals surface area contributed by atoms with Gasteiger partial charge < -0.3 is 11.1 Å². The van der Waals surface area contributed by atoms with Crippen molar-refractivity contribution in [3.8, 4) is 0 Å². The van der Waals surface area contributed by atoms with E-state index in [0.717, 1.165) is 11.1 Å². The molecule has 1 aromatic rings. The molecule has 0 bridgehead atoms. The minimum absolute atomic E-state index is 0.300. The molecule has 0 spiro atoms. The van der Waals surface area contributed by atoms with Crippen LogP contribution in [0.2, 0.25) is 0 Å². The maximum Gasteiger partial charge on any atom is 0.189 e. The summed E-state index contributed by atoms with van der Waals surface area (Å²) in [5.74, 6) is 0.0301. The number of halogens is 2. The van der Waals surface area contributed by atoms with Crippen LogP contribution in [0.5, 0.6) is 0 Å². The number of benzene rings is 1. The summed E-state index contributed by atoms with van der Waals surface area (Å²) in [5, 5.41) is 2.90. The molecule has 0 aliphatic heterocycles. The third kappa shape index (κ3) is 4.99. The van der Waals surface area contributed by atoms with Crippen LogP contribution in [0.25, 0.3) is 0 Å². The number of nitrogens with zero attached hydrogens (tertiary/aromatic N) is 1. The van der Waals surface area contributed by atoms with Crippen molar-refractivity contribution in [2.75, 3.05) is 6.54 Å². The van der Waals surface area contributed by atoms with E-state index >= 15 is 0 Å². The lowest BCUT2D eigenvalue weighted by molar-refractivity contribution is 0.618. The summed E-state index contributed by atoms with van der Waals surface area (Å²) >= 11 is 3.09. The van der Waals surface area contributed by atoms with E-state index in [1.165, 1.54) is 6.07 Å². The Morgan fingerprint density at radius 3 is 2.88 bits per heavy atom. The molecule has 1 aromatic carbocycles. The van der Waals surface area contributed by atoms with Gasteiger partial charge in [-0.3, -0.25) is 0 Å². The van der Waals surface area contributed by atoms with Crippen molar-refractivity contribution < 1.29 is 4.39 Å². The number of nitrogens with two attached hydrogens (primary N) is 1. The predicted molar refractivity (Wildman–Crippen MR) is 72.2 cm³/mol. The lowest BCUT2D eigenvalue weighted by Crippen LogP contribution is -2.32. The van der Waals surface area contributed by atoms with E-state index in [4.69, 9.17) is 5.73 Å². The van der Waals surface area contributed by atoms with E-state index in [2.05, 4.69) is 32.8 Å². The molecule has 0 radical (unpaired) electrons. The Labute approximate surface area is 109 Å². The van der Waals surface area contributed by atoms with Gasteiger partial charge in [0.05, 0.1) is 11.0 Å². The lowest BCUT2D eigenvalue weighted by Gasteiger charge is -2.05. The summed E-state index contributed by atoms with van der Waals surface area (Å²) in [6, 6.07) is 4.88. The Balaban J connectivity index is 2.56. The Hall–Kier alpha value is -1.36. The van der Waals surface area contributed by atoms with Crippen LogP contribution in [0.3, 0.4) is 0 Å². The summed E-state index contributed by atoms with van der Waals surface area (Å²) < 4.78 is 13.6. The second-order valence-corrected chi connectivity index (χ2v) is 4.61. The highest BCUT2D eigenvalue weighted by Crippen LogP contribution is 2.16. The fourth-order valence-electron chi connectivity index (χ4n) is 1.11. The summed E-state index contributed by atoms with van der Waals surface area (Å²) in [4.78, 5) is 4.10. The molecule has 17 heavy (non-hydrogen) atoms. The van der Waals surface area contributed by atoms with Gasteiger partial charge in [-0.05, 0) is 40.5 Å². The van der Waals surface area contributed by atoms with Gasteiger partial charge in [0.2, 0.25) is 0 Å². The Morgan fingerprint density at radius 2 is 2.29 bits per heavy atom. The van der Waals surface area contributed by atoms with E-state index < -0.39 is 0 Å². The smallest absolute Gasteiger partial charge is 0.189 e. The normalized spacial score (nSPS) is 11.4. The SMILES string of the molecule is C=C(C)CNC(N)=NCc1ccc(Br)c(F)c1. The average molecular weight is 300 g/mol. The first-order valence-corrected chi connectivity index (χ1v) is 5.90.